The second-order valence-corrected chi connectivity index (χ2v) is 5.74. The second-order valence-electron chi connectivity index (χ2n) is 5.74. The van der Waals surface area contributed by atoms with Crippen LogP contribution in [-0.4, -0.2) is 16.1 Å². The second kappa shape index (κ2) is 4.17. The molecular weight excluding hydrogens is 214 g/mol. The molecule has 1 aliphatic rings. The third-order valence-corrected chi connectivity index (χ3v) is 4.07. The summed E-state index contributed by atoms with van der Waals surface area (Å²) in [5.74, 6) is 0.899. The van der Waals surface area contributed by atoms with Gasteiger partial charge >= 0.3 is 0 Å². The molecule has 1 amide bonds. The summed E-state index contributed by atoms with van der Waals surface area (Å²) in [4.78, 5) is 12.2. The van der Waals surface area contributed by atoms with Gasteiger partial charge in [0.15, 0.2) is 5.82 Å². The molecular formula is C13H21N3O. The van der Waals surface area contributed by atoms with Crippen LogP contribution in [0.4, 0.5) is 5.82 Å². The Balaban J connectivity index is 2.10. The van der Waals surface area contributed by atoms with Crippen molar-refractivity contribution in [1.29, 1.82) is 0 Å². The predicted molar refractivity (Wildman–Crippen MR) is 67.8 cm³/mol. The zero-order chi connectivity index (χ0) is 12.6. The zero-order valence-corrected chi connectivity index (χ0v) is 11.1. The lowest BCUT2D eigenvalue weighted by atomic mass is 9.81. The highest BCUT2D eigenvalue weighted by molar-refractivity contribution is 5.93. The molecule has 0 aliphatic heterocycles. The van der Waals surface area contributed by atoms with Crippen LogP contribution in [0.25, 0.3) is 0 Å². The smallest absolute Gasteiger partial charge is 0.229 e. The molecule has 1 heterocycles. The van der Waals surface area contributed by atoms with Crippen LogP contribution < -0.4 is 5.32 Å². The molecule has 2 rings (SSSR count). The maximum Gasteiger partial charge on any atom is 0.229 e. The highest BCUT2D eigenvalue weighted by atomic mass is 16.2. The lowest BCUT2D eigenvalue weighted by Gasteiger charge is -2.25. The largest absolute Gasteiger partial charge is 0.309 e. The summed E-state index contributed by atoms with van der Waals surface area (Å²) in [5.41, 5.74) is 2.14. The molecule has 0 saturated heterocycles. The minimum atomic E-state index is 0.110. The molecule has 1 atom stereocenters. The number of anilines is 1. The lowest BCUT2D eigenvalue weighted by molar-refractivity contribution is -0.122. The van der Waals surface area contributed by atoms with Crippen LogP contribution in [0.15, 0.2) is 0 Å². The summed E-state index contributed by atoms with van der Waals surface area (Å²) in [5, 5.41) is 9.95. The van der Waals surface area contributed by atoms with Crippen molar-refractivity contribution in [1.82, 2.24) is 10.2 Å². The van der Waals surface area contributed by atoms with Crippen LogP contribution in [-0.2, 0) is 4.79 Å². The van der Waals surface area contributed by atoms with Gasteiger partial charge in [-0.25, -0.2) is 0 Å². The maximum atomic E-state index is 12.2. The van der Waals surface area contributed by atoms with Crippen LogP contribution >= 0.6 is 0 Å². The summed E-state index contributed by atoms with van der Waals surface area (Å²) in [6.07, 6.45) is 3.26. The molecule has 0 aromatic carbocycles. The number of aromatic nitrogens is 2. The van der Waals surface area contributed by atoms with E-state index in [0.29, 0.717) is 5.82 Å². The monoisotopic (exact) mass is 235 g/mol. The van der Waals surface area contributed by atoms with Crippen molar-refractivity contribution in [3.8, 4) is 0 Å². The van der Waals surface area contributed by atoms with Crippen molar-refractivity contribution in [3.05, 3.63) is 11.3 Å². The van der Waals surface area contributed by atoms with E-state index in [-0.39, 0.29) is 17.2 Å². The number of nitrogens with zero attached hydrogens (tertiary/aromatic N) is 1. The topological polar surface area (TPSA) is 57.8 Å². The SMILES string of the molecule is Cc1[nH]nc(NC(=O)C2CCCC2(C)C)c1C. The highest BCUT2D eigenvalue weighted by Gasteiger charge is 2.39. The molecule has 17 heavy (non-hydrogen) atoms. The molecule has 0 spiro atoms. The van der Waals surface area contributed by atoms with Crippen LogP contribution in [0.5, 0.6) is 0 Å². The lowest BCUT2D eigenvalue weighted by Crippen LogP contribution is -2.31. The normalized spacial score (nSPS) is 22.7. The number of hydrogen-bond donors (Lipinski definition) is 2. The summed E-state index contributed by atoms with van der Waals surface area (Å²) < 4.78 is 0. The number of carbonyl (C=O) groups excluding carboxylic acids is 1. The first kappa shape index (κ1) is 12.1. The molecule has 1 saturated carbocycles. The Morgan fingerprint density at radius 3 is 2.65 bits per heavy atom. The maximum absolute atomic E-state index is 12.2. The van der Waals surface area contributed by atoms with E-state index in [4.69, 9.17) is 0 Å². The predicted octanol–water partition coefficient (Wildman–Crippen LogP) is 2.79. The van der Waals surface area contributed by atoms with Crippen molar-refractivity contribution in [2.45, 2.75) is 47.0 Å². The van der Waals surface area contributed by atoms with Gasteiger partial charge in [0.2, 0.25) is 5.91 Å². The molecule has 0 radical (unpaired) electrons. The highest BCUT2D eigenvalue weighted by Crippen LogP contribution is 2.43. The van der Waals surface area contributed by atoms with E-state index in [1.165, 1.54) is 0 Å². The van der Waals surface area contributed by atoms with E-state index in [0.717, 1.165) is 30.5 Å². The fraction of sp³-hybridized carbons (Fsp3) is 0.692. The fourth-order valence-electron chi connectivity index (χ4n) is 2.62. The van der Waals surface area contributed by atoms with Crippen molar-refractivity contribution in [3.63, 3.8) is 0 Å². The number of hydrogen-bond acceptors (Lipinski definition) is 2. The number of H-pyrrole nitrogens is 1. The Morgan fingerprint density at radius 1 is 1.47 bits per heavy atom. The van der Waals surface area contributed by atoms with Gasteiger partial charge < -0.3 is 5.32 Å². The minimum absolute atomic E-state index is 0.110. The Hall–Kier alpha value is -1.32. The molecule has 1 fully saturated rings. The first-order chi connectivity index (χ1) is 7.92. The van der Waals surface area contributed by atoms with Gasteiger partial charge in [0.25, 0.3) is 0 Å². The molecule has 1 aliphatic carbocycles. The van der Waals surface area contributed by atoms with Crippen LogP contribution in [0.1, 0.15) is 44.4 Å². The van der Waals surface area contributed by atoms with E-state index in [1.54, 1.807) is 0 Å². The summed E-state index contributed by atoms with van der Waals surface area (Å²) >= 11 is 0. The van der Waals surface area contributed by atoms with Crippen molar-refractivity contribution in [2.24, 2.45) is 11.3 Å². The van der Waals surface area contributed by atoms with Gasteiger partial charge in [0.05, 0.1) is 0 Å². The first-order valence-electron chi connectivity index (χ1n) is 6.24. The summed E-state index contributed by atoms with van der Waals surface area (Å²) in [6, 6.07) is 0. The van der Waals surface area contributed by atoms with Gasteiger partial charge in [-0.05, 0) is 32.1 Å². The van der Waals surface area contributed by atoms with E-state index in [2.05, 4.69) is 29.4 Å². The molecule has 1 unspecified atom stereocenters. The number of rotatable bonds is 2. The third-order valence-electron chi connectivity index (χ3n) is 4.07. The number of aromatic amines is 1. The summed E-state index contributed by atoms with van der Waals surface area (Å²) in [6.45, 7) is 8.27. The molecule has 0 bridgehead atoms. The van der Waals surface area contributed by atoms with Crippen LogP contribution in [0.3, 0.4) is 0 Å². The van der Waals surface area contributed by atoms with Gasteiger partial charge in [-0.2, -0.15) is 5.10 Å². The molecule has 1 aromatic heterocycles. The minimum Gasteiger partial charge on any atom is -0.309 e. The molecule has 4 heteroatoms. The molecule has 4 nitrogen and oxygen atoms in total. The molecule has 1 aromatic rings. The third kappa shape index (κ3) is 2.21. The Kier molecular flexibility index (Phi) is 2.98. The van der Waals surface area contributed by atoms with Gasteiger partial charge in [0.1, 0.15) is 0 Å². The Bertz CT molecular complexity index is 434. The Morgan fingerprint density at radius 2 is 2.18 bits per heavy atom. The van der Waals surface area contributed by atoms with Crippen LogP contribution in [0, 0.1) is 25.2 Å². The van der Waals surface area contributed by atoms with Gasteiger partial charge in [-0.1, -0.05) is 20.3 Å². The van der Waals surface area contributed by atoms with Crippen molar-refractivity contribution < 1.29 is 4.79 Å². The zero-order valence-electron chi connectivity index (χ0n) is 11.1. The van der Waals surface area contributed by atoms with E-state index < -0.39 is 0 Å². The number of carbonyl (C=O) groups is 1. The van der Waals surface area contributed by atoms with E-state index in [9.17, 15) is 4.79 Å². The standard InChI is InChI=1S/C13H21N3O/c1-8-9(2)15-16-11(8)14-12(17)10-6-5-7-13(10,3)4/h10H,5-7H2,1-4H3,(H2,14,15,16,17). The first-order valence-corrected chi connectivity index (χ1v) is 6.24. The molecule has 94 valence electrons. The van der Waals surface area contributed by atoms with Gasteiger partial charge in [-0.15, -0.1) is 0 Å². The average Bonchev–Trinajstić information content (AvgIpc) is 2.75. The fourth-order valence-corrected chi connectivity index (χ4v) is 2.62. The molecule has 2 N–H and O–H groups in total. The van der Waals surface area contributed by atoms with Crippen molar-refractivity contribution in [2.75, 3.05) is 5.32 Å². The summed E-state index contributed by atoms with van der Waals surface area (Å²) in [7, 11) is 0. The van der Waals surface area contributed by atoms with E-state index in [1.807, 2.05) is 13.8 Å². The number of nitrogens with one attached hydrogen (secondary N) is 2. The number of aryl methyl sites for hydroxylation is 1. The van der Waals surface area contributed by atoms with Gasteiger partial charge in [0, 0.05) is 17.2 Å². The van der Waals surface area contributed by atoms with Crippen LogP contribution in [0.2, 0.25) is 0 Å². The quantitative estimate of drug-likeness (QED) is 0.828. The van der Waals surface area contributed by atoms with Crippen molar-refractivity contribution >= 4 is 11.7 Å². The van der Waals surface area contributed by atoms with Gasteiger partial charge in [-0.3, -0.25) is 9.89 Å². The number of amides is 1. The van der Waals surface area contributed by atoms with E-state index >= 15 is 0 Å². The Labute approximate surface area is 102 Å². The average molecular weight is 235 g/mol.